The van der Waals surface area contributed by atoms with Crippen molar-refractivity contribution in [1.29, 1.82) is 0 Å². The molecule has 7 heteroatoms. The number of aliphatic hydroxyl groups excluding tert-OH is 1. The smallest absolute Gasteiger partial charge is 0.250 e. The van der Waals surface area contributed by atoms with Crippen molar-refractivity contribution in [3.05, 3.63) is 17.0 Å². The minimum absolute atomic E-state index is 0.0975. The maximum Gasteiger partial charge on any atom is 0.250 e. The highest BCUT2D eigenvalue weighted by atomic mass is 32.2. The average Bonchev–Trinajstić information content (AvgIpc) is 2.65. The zero-order valence-corrected chi connectivity index (χ0v) is 11.6. The first-order valence-corrected chi connectivity index (χ1v) is 8.45. The second kappa shape index (κ2) is 6.02. The first kappa shape index (κ1) is 14.0. The Balaban J connectivity index is 2.77. The lowest BCUT2D eigenvalue weighted by Gasteiger charge is -2.11. The van der Waals surface area contributed by atoms with Crippen molar-refractivity contribution in [3.63, 3.8) is 0 Å². The predicted molar refractivity (Wildman–Crippen MR) is 68.4 cm³/mol. The Kier molecular flexibility index (Phi) is 5.26. The van der Waals surface area contributed by atoms with Crippen LogP contribution in [0.1, 0.15) is 12.5 Å². The van der Waals surface area contributed by atoms with Gasteiger partial charge in [0.1, 0.15) is 4.21 Å². The molecule has 1 heterocycles. The molecular formula is C9H15NO3S3. The topological polar surface area (TPSA) is 66.4 Å². The molecule has 16 heavy (non-hydrogen) atoms. The number of rotatable bonds is 6. The Morgan fingerprint density at radius 2 is 2.31 bits per heavy atom. The van der Waals surface area contributed by atoms with E-state index in [9.17, 15) is 8.42 Å². The minimum Gasteiger partial charge on any atom is -0.392 e. The van der Waals surface area contributed by atoms with Gasteiger partial charge in [-0.2, -0.15) is 11.8 Å². The number of thiophene rings is 1. The SMILES string of the molecule is CSCC(C)NS(=O)(=O)c1cc(CO)cs1. The van der Waals surface area contributed by atoms with Gasteiger partial charge in [0.05, 0.1) is 6.61 Å². The highest BCUT2D eigenvalue weighted by Crippen LogP contribution is 2.20. The summed E-state index contributed by atoms with van der Waals surface area (Å²) in [6.07, 6.45) is 1.93. The van der Waals surface area contributed by atoms with Crippen LogP contribution in [0, 0.1) is 0 Å². The number of aliphatic hydroxyl groups is 1. The summed E-state index contributed by atoms with van der Waals surface area (Å²) < 4.78 is 26.6. The molecule has 2 N–H and O–H groups in total. The summed E-state index contributed by atoms with van der Waals surface area (Å²) >= 11 is 2.72. The van der Waals surface area contributed by atoms with Crippen LogP contribution in [-0.4, -0.2) is 31.6 Å². The first-order chi connectivity index (χ1) is 7.49. The van der Waals surface area contributed by atoms with Gasteiger partial charge in [-0.1, -0.05) is 0 Å². The third kappa shape index (κ3) is 3.74. The number of hydrogen-bond donors (Lipinski definition) is 2. The van der Waals surface area contributed by atoms with Gasteiger partial charge in [0.15, 0.2) is 0 Å². The first-order valence-electron chi connectivity index (χ1n) is 4.69. The monoisotopic (exact) mass is 281 g/mol. The largest absolute Gasteiger partial charge is 0.392 e. The van der Waals surface area contributed by atoms with Gasteiger partial charge in [-0.3, -0.25) is 0 Å². The van der Waals surface area contributed by atoms with Crippen LogP contribution in [-0.2, 0) is 16.6 Å². The number of hydrogen-bond acceptors (Lipinski definition) is 5. The van der Waals surface area contributed by atoms with Crippen molar-refractivity contribution in [1.82, 2.24) is 4.72 Å². The van der Waals surface area contributed by atoms with E-state index in [2.05, 4.69) is 4.72 Å². The van der Waals surface area contributed by atoms with Crippen LogP contribution in [0.2, 0.25) is 0 Å². The lowest BCUT2D eigenvalue weighted by atomic mass is 10.4. The van der Waals surface area contributed by atoms with Crippen molar-refractivity contribution in [2.75, 3.05) is 12.0 Å². The van der Waals surface area contributed by atoms with Gasteiger partial charge in [0.25, 0.3) is 0 Å². The Morgan fingerprint density at radius 3 is 2.81 bits per heavy atom. The number of sulfonamides is 1. The Morgan fingerprint density at radius 1 is 1.62 bits per heavy atom. The van der Waals surface area contributed by atoms with E-state index in [1.54, 1.807) is 17.1 Å². The van der Waals surface area contributed by atoms with Crippen molar-refractivity contribution >= 4 is 33.1 Å². The quantitative estimate of drug-likeness (QED) is 0.824. The van der Waals surface area contributed by atoms with Gasteiger partial charge in [-0.05, 0) is 30.2 Å². The summed E-state index contributed by atoms with van der Waals surface area (Å²) in [5, 5.41) is 10.5. The molecule has 0 saturated carbocycles. The van der Waals surface area contributed by atoms with Crippen molar-refractivity contribution in [2.45, 2.75) is 23.8 Å². The molecule has 1 aromatic rings. The van der Waals surface area contributed by atoms with Gasteiger partial charge in [-0.15, -0.1) is 11.3 Å². The zero-order chi connectivity index (χ0) is 12.2. The van der Waals surface area contributed by atoms with Gasteiger partial charge in [0.2, 0.25) is 10.0 Å². The lowest BCUT2D eigenvalue weighted by molar-refractivity contribution is 0.282. The molecule has 0 aliphatic carbocycles. The fraction of sp³-hybridized carbons (Fsp3) is 0.556. The highest BCUT2D eigenvalue weighted by Gasteiger charge is 2.18. The maximum absolute atomic E-state index is 11.9. The molecule has 4 nitrogen and oxygen atoms in total. The van der Waals surface area contributed by atoms with Crippen LogP contribution in [0.25, 0.3) is 0 Å². The van der Waals surface area contributed by atoms with E-state index in [4.69, 9.17) is 5.11 Å². The highest BCUT2D eigenvalue weighted by molar-refractivity contribution is 7.98. The van der Waals surface area contributed by atoms with E-state index < -0.39 is 10.0 Å². The molecule has 0 aliphatic rings. The van der Waals surface area contributed by atoms with Crippen LogP contribution in [0.3, 0.4) is 0 Å². The number of thioether (sulfide) groups is 1. The van der Waals surface area contributed by atoms with E-state index in [1.165, 1.54) is 6.07 Å². The molecule has 0 bridgehead atoms. The summed E-state index contributed by atoms with van der Waals surface area (Å²) in [7, 11) is -3.43. The van der Waals surface area contributed by atoms with Crippen molar-refractivity contribution in [2.24, 2.45) is 0 Å². The standard InChI is InChI=1S/C9H15NO3S3/c1-7(5-14-2)10-16(12,13)9-3-8(4-11)6-15-9/h3,6-7,10-11H,4-5H2,1-2H3. The van der Waals surface area contributed by atoms with Gasteiger partial charge in [0, 0.05) is 11.8 Å². The molecule has 0 spiro atoms. The molecule has 0 aromatic carbocycles. The molecule has 1 unspecified atom stereocenters. The van der Waals surface area contributed by atoms with Gasteiger partial charge < -0.3 is 5.11 Å². The third-order valence-corrected chi connectivity index (χ3v) is 5.76. The molecule has 0 aliphatic heterocycles. The molecule has 1 atom stereocenters. The predicted octanol–water partition coefficient (Wildman–Crippen LogP) is 1.27. The fourth-order valence-electron chi connectivity index (χ4n) is 1.18. The molecule has 92 valence electrons. The van der Waals surface area contributed by atoms with E-state index >= 15 is 0 Å². The molecule has 0 fully saturated rings. The molecule has 1 aromatic heterocycles. The van der Waals surface area contributed by atoms with E-state index in [1.807, 2.05) is 13.2 Å². The zero-order valence-electron chi connectivity index (χ0n) is 9.13. The molecule has 0 radical (unpaired) electrons. The Labute approximate surface area is 104 Å². The van der Waals surface area contributed by atoms with Crippen LogP contribution in [0.5, 0.6) is 0 Å². The summed E-state index contributed by atoms with van der Waals surface area (Å²) in [5.41, 5.74) is 0.628. The molecular weight excluding hydrogens is 266 g/mol. The summed E-state index contributed by atoms with van der Waals surface area (Å²) in [4.78, 5) is 0. The average molecular weight is 281 g/mol. The van der Waals surface area contributed by atoms with Crippen LogP contribution < -0.4 is 4.72 Å². The Bertz CT molecular complexity index is 427. The third-order valence-electron chi connectivity index (χ3n) is 1.85. The van der Waals surface area contributed by atoms with E-state index in [0.717, 1.165) is 17.1 Å². The molecule has 0 amide bonds. The number of nitrogens with one attached hydrogen (secondary N) is 1. The second-order valence-electron chi connectivity index (χ2n) is 3.41. The van der Waals surface area contributed by atoms with Crippen LogP contribution in [0.4, 0.5) is 0 Å². The fourth-order valence-corrected chi connectivity index (χ4v) is 4.33. The van der Waals surface area contributed by atoms with E-state index in [0.29, 0.717) is 5.56 Å². The molecule has 0 saturated heterocycles. The second-order valence-corrected chi connectivity index (χ2v) is 7.17. The van der Waals surface area contributed by atoms with Crippen molar-refractivity contribution < 1.29 is 13.5 Å². The molecule has 1 rings (SSSR count). The van der Waals surface area contributed by atoms with Crippen LogP contribution in [0.15, 0.2) is 15.7 Å². The lowest BCUT2D eigenvalue weighted by Crippen LogP contribution is -2.33. The summed E-state index contributed by atoms with van der Waals surface area (Å²) in [6, 6.07) is 1.40. The normalized spacial score (nSPS) is 13.9. The maximum atomic E-state index is 11.9. The summed E-state index contributed by atoms with van der Waals surface area (Å²) in [5.74, 6) is 0.734. The minimum atomic E-state index is -3.43. The van der Waals surface area contributed by atoms with Gasteiger partial charge >= 0.3 is 0 Å². The van der Waals surface area contributed by atoms with Crippen LogP contribution >= 0.6 is 23.1 Å². The van der Waals surface area contributed by atoms with Gasteiger partial charge in [-0.25, -0.2) is 13.1 Å². The van der Waals surface area contributed by atoms with E-state index in [-0.39, 0.29) is 16.9 Å². The van der Waals surface area contributed by atoms with Crippen molar-refractivity contribution in [3.8, 4) is 0 Å². The Hall–Kier alpha value is -0.0800. The summed E-state index contributed by atoms with van der Waals surface area (Å²) in [6.45, 7) is 1.70.